The van der Waals surface area contributed by atoms with Crippen molar-refractivity contribution in [3.8, 4) is 0 Å². The van der Waals surface area contributed by atoms with Crippen molar-refractivity contribution in [3.05, 3.63) is 0 Å². The summed E-state index contributed by atoms with van der Waals surface area (Å²) in [6.45, 7) is 5.10. The van der Waals surface area contributed by atoms with Crippen molar-refractivity contribution in [3.63, 3.8) is 0 Å². The van der Waals surface area contributed by atoms with Gasteiger partial charge in [-0.15, -0.1) is 0 Å². The summed E-state index contributed by atoms with van der Waals surface area (Å²) >= 11 is 1.45. The molecule has 4 atom stereocenters. The van der Waals surface area contributed by atoms with Gasteiger partial charge in [-0.1, -0.05) is 13.8 Å². The Hall–Kier alpha value is -2.34. The molecule has 0 saturated carbocycles. The number of aliphatic carboxylic acids is 1. The molecule has 0 radical (unpaired) electrons. The Morgan fingerprint density at radius 1 is 0.933 bits per heavy atom. The van der Waals surface area contributed by atoms with Crippen LogP contribution in [0.3, 0.4) is 0 Å². The minimum absolute atomic E-state index is 0.0282. The quantitative estimate of drug-likeness (QED) is 0.186. The minimum Gasteiger partial charge on any atom is -0.480 e. The van der Waals surface area contributed by atoms with Crippen molar-refractivity contribution in [1.82, 2.24) is 16.0 Å². The first-order valence-corrected chi connectivity index (χ1v) is 10.9. The van der Waals surface area contributed by atoms with Crippen molar-refractivity contribution in [2.24, 2.45) is 17.4 Å². The van der Waals surface area contributed by atoms with E-state index in [0.29, 0.717) is 5.75 Å². The first kappa shape index (κ1) is 27.7. The summed E-state index contributed by atoms with van der Waals surface area (Å²) in [5, 5.41) is 16.5. The summed E-state index contributed by atoms with van der Waals surface area (Å²) in [6.07, 6.45) is 1.96. The van der Waals surface area contributed by atoms with E-state index in [1.165, 1.54) is 18.7 Å². The van der Waals surface area contributed by atoms with E-state index in [1.54, 1.807) is 0 Å². The van der Waals surface area contributed by atoms with Crippen LogP contribution in [0.4, 0.5) is 0 Å². The predicted molar refractivity (Wildman–Crippen MR) is 113 cm³/mol. The number of carboxylic acids is 1. The standard InChI is InChI=1S/C18H33N5O6S/c1-9(2)7-13(23-16(26)11(19)8-14(20)24)17(27)21-10(3)15(25)22-12(18(28)29)5-6-30-4/h9-13H,5-8,19H2,1-4H3,(H2,20,24)(H,21,27)(H,22,25)(H,23,26)(H,28,29). The van der Waals surface area contributed by atoms with Gasteiger partial charge in [-0.05, 0) is 37.7 Å². The molecular weight excluding hydrogens is 414 g/mol. The van der Waals surface area contributed by atoms with Crippen LogP contribution < -0.4 is 27.4 Å². The highest BCUT2D eigenvalue weighted by atomic mass is 32.2. The lowest BCUT2D eigenvalue weighted by Crippen LogP contribution is -2.56. The number of carbonyl (C=O) groups excluding carboxylic acids is 4. The molecule has 0 aliphatic rings. The van der Waals surface area contributed by atoms with Crippen LogP contribution in [0.15, 0.2) is 0 Å². The maximum Gasteiger partial charge on any atom is 0.326 e. The predicted octanol–water partition coefficient (Wildman–Crippen LogP) is -1.45. The lowest BCUT2D eigenvalue weighted by molar-refractivity contribution is -0.142. The smallest absolute Gasteiger partial charge is 0.326 e. The van der Waals surface area contributed by atoms with Crippen molar-refractivity contribution in [1.29, 1.82) is 0 Å². The molecule has 4 amide bonds. The van der Waals surface area contributed by atoms with Gasteiger partial charge in [0.2, 0.25) is 23.6 Å². The first-order chi connectivity index (χ1) is 13.9. The van der Waals surface area contributed by atoms with E-state index in [2.05, 4.69) is 16.0 Å². The van der Waals surface area contributed by atoms with Crippen LogP contribution in [0.25, 0.3) is 0 Å². The summed E-state index contributed by atoms with van der Waals surface area (Å²) in [4.78, 5) is 59.3. The van der Waals surface area contributed by atoms with Crippen LogP contribution in [0.5, 0.6) is 0 Å². The van der Waals surface area contributed by atoms with E-state index in [-0.39, 0.29) is 25.2 Å². The average molecular weight is 448 g/mol. The summed E-state index contributed by atoms with van der Waals surface area (Å²) in [7, 11) is 0. The third-order valence-corrected chi connectivity index (χ3v) is 4.72. The van der Waals surface area contributed by atoms with E-state index in [0.717, 1.165) is 0 Å². The molecular formula is C18H33N5O6S. The number of carboxylic acid groups (broad SMARTS) is 1. The highest BCUT2D eigenvalue weighted by Crippen LogP contribution is 2.07. The highest BCUT2D eigenvalue weighted by Gasteiger charge is 2.29. The summed E-state index contributed by atoms with van der Waals surface area (Å²) in [5.41, 5.74) is 10.6. The Bertz CT molecular complexity index is 630. The lowest BCUT2D eigenvalue weighted by Gasteiger charge is -2.24. The van der Waals surface area contributed by atoms with Gasteiger partial charge in [0, 0.05) is 0 Å². The average Bonchev–Trinajstić information content (AvgIpc) is 2.62. The van der Waals surface area contributed by atoms with Gasteiger partial charge in [-0.3, -0.25) is 19.2 Å². The zero-order valence-electron chi connectivity index (χ0n) is 17.8. The normalized spacial score (nSPS) is 14.9. The molecule has 0 saturated heterocycles. The monoisotopic (exact) mass is 447 g/mol. The number of hydrogen-bond acceptors (Lipinski definition) is 7. The number of carbonyl (C=O) groups is 5. The van der Waals surface area contributed by atoms with Gasteiger partial charge in [0.1, 0.15) is 18.1 Å². The molecule has 0 rings (SSSR count). The van der Waals surface area contributed by atoms with Crippen molar-refractivity contribution < 1.29 is 29.1 Å². The first-order valence-electron chi connectivity index (χ1n) is 9.55. The molecule has 30 heavy (non-hydrogen) atoms. The molecule has 0 aromatic rings. The third-order valence-electron chi connectivity index (χ3n) is 4.08. The van der Waals surface area contributed by atoms with Crippen molar-refractivity contribution in [2.75, 3.05) is 12.0 Å². The Morgan fingerprint density at radius 2 is 1.50 bits per heavy atom. The molecule has 0 aliphatic heterocycles. The van der Waals surface area contributed by atoms with E-state index in [9.17, 15) is 29.1 Å². The number of hydrogen-bond donors (Lipinski definition) is 6. The Balaban J connectivity index is 5.03. The number of thioether (sulfide) groups is 1. The molecule has 12 heteroatoms. The van der Waals surface area contributed by atoms with Crippen LogP contribution >= 0.6 is 11.8 Å². The largest absolute Gasteiger partial charge is 0.480 e. The van der Waals surface area contributed by atoms with Gasteiger partial charge < -0.3 is 32.5 Å². The molecule has 8 N–H and O–H groups in total. The molecule has 0 aromatic carbocycles. The van der Waals surface area contributed by atoms with Crippen molar-refractivity contribution >= 4 is 41.4 Å². The fourth-order valence-corrected chi connectivity index (χ4v) is 2.93. The number of rotatable bonds is 14. The van der Waals surface area contributed by atoms with Crippen LogP contribution in [-0.4, -0.2) is 70.9 Å². The Kier molecular flexibility index (Phi) is 12.7. The van der Waals surface area contributed by atoms with Gasteiger partial charge in [0.05, 0.1) is 12.5 Å². The third kappa shape index (κ3) is 11.0. The van der Waals surface area contributed by atoms with Crippen LogP contribution in [0.1, 0.15) is 40.0 Å². The fraction of sp³-hybridized carbons (Fsp3) is 0.722. The molecule has 0 fully saturated rings. The number of nitrogens with two attached hydrogens (primary N) is 2. The summed E-state index contributed by atoms with van der Waals surface area (Å²) in [5.74, 6) is -3.33. The number of amides is 4. The maximum atomic E-state index is 12.6. The maximum absolute atomic E-state index is 12.6. The number of nitrogens with one attached hydrogen (secondary N) is 3. The van der Waals surface area contributed by atoms with Gasteiger partial charge in [-0.25, -0.2) is 4.79 Å². The zero-order valence-corrected chi connectivity index (χ0v) is 18.6. The van der Waals surface area contributed by atoms with Crippen LogP contribution in [-0.2, 0) is 24.0 Å². The summed E-state index contributed by atoms with van der Waals surface area (Å²) < 4.78 is 0. The second-order valence-corrected chi connectivity index (χ2v) is 8.36. The highest BCUT2D eigenvalue weighted by molar-refractivity contribution is 7.98. The second kappa shape index (κ2) is 13.8. The van der Waals surface area contributed by atoms with Crippen molar-refractivity contribution in [2.45, 2.75) is 64.2 Å². The van der Waals surface area contributed by atoms with E-state index >= 15 is 0 Å². The van der Waals surface area contributed by atoms with Gasteiger partial charge in [0.15, 0.2) is 0 Å². The topological polar surface area (TPSA) is 194 Å². The zero-order chi connectivity index (χ0) is 23.4. The van der Waals surface area contributed by atoms with Gasteiger partial charge in [-0.2, -0.15) is 11.8 Å². The molecule has 172 valence electrons. The molecule has 0 bridgehead atoms. The van der Waals surface area contributed by atoms with Crippen LogP contribution in [0, 0.1) is 5.92 Å². The molecule has 0 aromatic heterocycles. The fourth-order valence-electron chi connectivity index (χ4n) is 2.46. The summed E-state index contributed by atoms with van der Waals surface area (Å²) in [6, 6.07) is -4.28. The minimum atomic E-state index is -1.20. The molecule has 0 aliphatic carbocycles. The van der Waals surface area contributed by atoms with E-state index in [1.807, 2.05) is 20.1 Å². The van der Waals surface area contributed by atoms with Crippen LogP contribution in [0.2, 0.25) is 0 Å². The Labute approximate surface area is 180 Å². The van der Waals surface area contributed by atoms with Gasteiger partial charge >= 0.3 is 5.97 Å². The second-order valence-electron chi connectivity index (χ2n) is 7.38. The molecule has 0 heterocycles. The SMILES string of the molecule is CSCCC(NC(=O)C(C)NC(=O)C(CC(C)C)NC(=O)C(N)CC(N)=O)C(=O)O. The lowest BCUT2D eigenvalue weighted by atomic mass is 10.0. The van der Waals surface area contributed by atoms with Gasteiger partial charge in [0.25, 0.3) is 0 Å². The van der Waals surface area contributed by atoms with E-state index < -0.39 is 53.8 Å². The Morgan fingerprint density at radius 3 is 1.97 bits per heavy atom. The number of primary amides is 1. The molecule has 0 spiro atoms. The molecule has 4 unspecified atom stereocenters. The molecule has 11 nitrogen and oxygen atoms in total. The van der Waals surface area contributed by atoms with E-state index in [4.69, 9.17) is 11.5 Å².